The Morgan fingerprint density at radius 1 is 1.07 bits per heavy atom. The second-order valence-electron chi connectivity index (χ2n) is 6.60. The van der Waals surface area contributed by atoms with E-state index in [2.05, 4.69) is 5.32 Å². The normalized spacial score (nSPS) is 11.8. The highest BCUT2D eigenvalue weighted by atomic mass is 32.1. The van der Waals surface area contributed by atoms with Crippen molar-refractivity contribution in [2.24, 2.45) is 5.92 Å². The molecular formula is C22H21NO3S. The summed E-state index contributed by atoms with van der Waals surface area (Å²) >= 11 is 1.24. The van der Waals surface area contributed by atoms with Crippen molar-refractivity contribution in [2.45, 2.75) is 20.3 Å². The lowest BCUT2D eigenvalue weighted by atomic mass is 10.00. The first-order valence-corrected chi connectivity index (χ1v) is 9.60. The Balaban J connectivity index is 1.81. The van der Waals surface area contributed by atoms with Crippen LogP contribution in [0.1, 0.15) is 28.4 Å². The van der Waals surface area contributed by atoms with Gasteiger partial charge in [0, 0.05) is 16.9 Å². The molecule has 1 aromatic heterocycles. The number of carboxylic acids is 1. The van der Waals surface area contributed by atoms with Gasteiger partial charge in [0.05, 0.1) is 0 Å². The average Bonchev–Trinajstić information content (AvgIpc) is 3.07. The van der Waals surface area contributed by atoms with E-state index in [0.29, 0.717) is 17.0 Å². The highest BCUT2D eigenvalue weighted by Crippen LogP contribution is 2.36. The summed E-state index contributed by atoms with van der Waals surface area (Å²) in [6.07, 6.45) is 0.602. The molecular weight excluding hydrogens is 358 g/mol. The van der Waals surface area contributed by atoms with E-state index in [0.717, 1.165) is 16.7 Å². The van der Waals surface area contributed by atoms with Gasteiger partial charge in [-0.2, -0.15) is 0 Å². The summed E-state index contributed by atoms with van der Waals surface area (Å²) in [4.78, 5) is 24.4. The van der Waals surface area contributed by atoms with Crippen LogP contribution in [-0.4, -0.2) is 17.0 Å². The molecule has 5 heteroatoms. The molecule has 3 rings (SSSR count). The third-order valence-electron chi connectivity index (χ3n) is 4.44. The monoisotopic (exact) mass is 379 g/mol. The first-order chi connectivity index (χ1) is 13.0. The molecule has 0 fully saturated rings. The minimum atomic E-state index is -1.04. The van der Waals surface area contributed by atoms with Crippen LogP contribution in [0.4, 0.5) is 5.00 Å². The molecule has 0 saturated carbocycles. The van der Waals surface area contributed by atoms with Crippen LogP contribution in [0.5, 0.6) is 0 Å². The molecule has 1 amide bonds. The van der Waals surface area contributed by atoms with Crippen molar-refractivity contribution < 1.29 is 14.7 Å². The number of anilines is 1. The maximum Gasteiger partial charge on any atom is 0.339 e. The van der Waals surface area contributed by atoms with Crippen LogP contribution in [0.25, 0.3) is 11.1 Å². The predicted molar refractivity (Wildman–Crippen MR) is 109 cm³/mol. The largest absolute Gasteiger partial charge is 0.478 e. The molecule has 138 valence electrons. The van der Waals surface area contributed by atoms with E-state index >= 15 is 0 Å². The van der Waals surface area contributed by atoms with Crippen molar-refractivity contribution in [3.8, 4) is 11.1 Å². The van der Waals surface area contributed by atoms with Gasteiger partial charge in [0.2, 0.25) is 5.91 Å². The molecule has 0 bridgehead atoms. The van der Waals surface area contributed by atoms with Gasteiger partial charge in [-0.05, 0) is 24.5 Å². The Kier molecular flexibility index (Phi) is 5.72. The molecule has 27 heavy (non-hydrogen) atoms. The van der Waals surface area contributed by atoms with Gasteiger partial charge in [-0.1, -0.05) is 67.1 Å². The smallest absolute Gasteiger partial charge is 0.339 e. The van der Waals surface area contributed by atoms with Crippen molar-refractivity contribution in [3.63, 3.8) is 0 Å². The van der Waals surface area contributed by atoms with Gasteiger partial charge >= 0.3 is 5.97 Å². The molecule has 0 aliphatic rings. The Hall–Kier alpha value is -2.92. The number of amides is 1. The van der Waals surface area contributed by atoms with Gasteiger partial charge in [-0.3, -0.25) is 4.79 Å². The van der Waals surface area contributed by atoms with Gasteiger partial charge in [0.25, 0.3) is 0 Å². The summed E-state index contributed by atoms with van der Waals surface area (Å²) in [6.45, 7) is 3.83. The van der Waals surface area contributed by atoms with Crippen LogP contribution in [0.3, 0.4) is 0 Å². The zero-order valence-electron chi connectivity index (χ0n) is 15.2. The number of carboxylic acid groups (broad SMARTS) is 1. The van der Waals surface area contributed by atoms with E-state index in [-0.39, 0.29) is 17.4 Å². The molecule has 2 N–H and O–H groups in total. The third kappa shape index (κ3) is 4.44. The number of rotatable bonds is 6. The fraction of sp³-hybridized carbons (Fsp3) is 0.182. The summed E-state index contributed by atoms with van der Waals surface area (Å²) in [5.41, 5.74) is 3.77. The number of hydrogen-bond acceptors (Lipinski definition) is 3. The SMILES string of the molecule is Cc1ccc(-c2csc(NC(=O)C(C)Cc3ccccc3)c2C(=O)O)cc1. The number of nitrogens with one attached hydrogen (secondary N) is 1. The van der Waals surface area contributed by atoms with E-state index in [1.165, 1.54) is 11.3 Å². The van der Waals surface area contributed by atoms with Crippen molar-refractivity contribution in [1.29, 1.82) is 0 Å². The Morgan fingerprint density at radius 2 is 1.74 bits per heavy atom. The number of carbonyl (C=O) groups is 2. The maximum atomic E-state index is 12.6. The van der Waals surface area contributed by atoms with Crippen molar-refractivity contribution >= 4 is 28.2 Å². The van der Waals surface area contributed by atoms with Crippen LogP contribution in [0.15, 0.2) is 60.0 Å². The first kappa shape index (κ1) is 18.9. The number of hydrogen-bond donors (Lipinski definition) is 2. The van der Waals surface area contributed by atoms with E-state index in [1.807, 2.05) is 68.4 Å². The fourth-order valence-electron chi connectivity index (χ4n) is 2.90. The predicted octanol–water partition coefficient (Wildman–Crippen LogP) is 5.24. The standard InChI is InChI=1S/C22H21NO3S/c1-14-8-10-17(11-9-14)18-13-27-21(19(18)22(25)26)23-20(24)15(2)12-16-6-4-3-5-7-16/h3-11,13,15H,12H2,1-2H3,(H,23,24)(H,25,26). The highest BCUT2D eigenvalue weighted by molar-refractivity contribution is 7.15. The molecule has 0 aliphatic carbocycles. The molecule has 1 atom stereocenters. The summed E-state index contributed by atoms with van der Waals surface area (Å²) in [6, 6.07) is 17.5. The summed E-state index contributed by atoms with van der Waals surface area (Å²) in [5.74, 6) is -1.49. The van der Waals surface area contributed by atoms with Gasteiger partial charge in [0.1, 0.15) is 10.6 Å². The van der Waals surface area contributed by atoms with Gasteiger partial charge in [-0.25, -0.2) is 4.79 Å². The molecule has 4 nitrogen and oxygen atoms in total. The Morgan fingerprint density at radius 3 is 2.37 bits per heavy atom. The molecule has 0 spiro atoms. The number of thiophene rings is 1. The first-order valence-electron chi connectivity index (χ1n) is 8.72. The number of carbonyl (C=O) groups excluding carboxylic acids is 1. The Bertz CT molecular complexity index is 945. The minimum Gasteiger partial charge on any atom is -0.478 e. The van der Waals surface area contributed by atoms with Gasteiger partial charge < -0.3 is 10.4 Å². The fourth-order valence-corrected chi connectivity index (χ4v) is 3.87. The molecule has 1 unspecified atom stereocenters. The van der Waals surface area contributed by atoms with Crippen LogP contribution in [-0.2, 0) is 11.2 Å². The topological polar surface area (TPSA) is 66.4 Å². The lowest BCUT2D eigenvalue weighted by molar-refractivity contribution is -0.119. The number of aryl methyl sites for hydroxylation is 1. The summed E-state index contributed by atoms with van der Waals surface area (Å²) < 4.78 is 0. The van der Waals surface area contributed by atoms with E-state index in [9.17, 15) is 14.7 Å². The van der Waals surface area contributed by atoms with Gasteiger partial charge in [0.15, 0.2) is 0 Å². The quantitative estimate of drug-likeness (QED) is 0.615. The number of aromatic carboxylic acids is 1. The Labute approximate surface area is 162 Å². The average molecular weight is 379 g/mol. The highest BCUT2D eigenvalue weighted by Gasteiger charge is 2.23. The van der Waals surface area contributed by atoms with Crippen LogP contribution >= 0.6 is 11.3 Å². The lowest BCUT2D eigenvalue weighted by Crippen LogP contribution is -2.22. The van der Waals surface area contributed by atoms with Crippen LogP contribution in [0.2, 0.25) is 0 Å². The summed E-state index contributed by atoms with van der Waals surface area (Å²) in [7, 11) is 0. The van der Waals surface area contributed by atoms with Crippen LogP contribution < -0.4 is 5.32 Å². The zero-order valence-corrected chi connectivity index (χ0v) is 16.0. The molecule has 1 heterocycles. The van der Waals surface area contributed by atoms with Crippen molar-refractivity contribution in [2.75, 3.05) is 5.32 Å². The van der Waals surface area contributed by atoms with Crippen LogP contribution in [0, 0.1) is 12.8 Å². The molecule has 0 saturated heterocycles. The van der Waals surface area contributed by atoms with E-state index in [1.54, 1.807) is 5.38 Å². The van der Waals surface area contributed by atoms with E-state index in [4.69, 9.17) is 0 Å². The number of benzene rings is 2. The second kappa shape index (κ2) is 8.18. The molecule has 3 aromatic rings. The van der Waals surface area contributed by atoms with Gasteiger partial charge in [-0.15, -0.1) is 11.3 Å². The molecule has 0 radical (unpaired) electrons. The summed E-state index contributed by atoms with van der Waals surface area (Å²) in [5, 5.41) is 14.7. The van der Waals surface area contributed by atoms with E-state index < -0.39 is 5.97 Å². The van der Waals surface area contributed by atoms with Crippen molar-refractivity contribution in [3.05, 3.63) is 76.7 Å². The lowest BCUT2D eigenvalue weighted by Gasteiger charge is -2.12. The zero-order chi connectivity index (χ0) is 19.4. The molecule has 2 aromatic carbocycles. The minimum absolute atomic E-state index is 0.143. The van der Waals surface area contributed by atoms with Crippen molar-refractivity contribution in [1.82, 2.24) is 0 Å². The maximum absolute atomic E-state index is 12.6. The molecule has 0 aliphatic heterocycles. The third-order valence-corrected chi connectivity index (χ3v) is 5.33. The second-order valence-corrected chi connectivity index (χ2v) is 7.48.